The van der Waals surface area contributed by atoms with Crippen LogP contribution in [-0.2, 0) is 22.6 Å². The molecule has 9 nitrogen and oxygen atoms in total. The van der Waals surface area contributed by atoms with Crippen LogP contribution in [0.25, 0.3) is 0 Å². The first kappa shape index (κ1) is 14.6. The van der Waals surface area contributed by atoms with Gasteiger partial charge in [-0.1, -0.05) is 5.21 Å². The number of hydrogen-bond donors (Lipinski definition) is 1. The molecule has 0 bridgehead atoms. The molecule has 1 saturated heterocycles. The largest absolute Gasteiger partial charge is 0.370 e. The van der Waals surface area contributed by atoms with Gasteiger partial charge in [0.2, 0.25) is 11.2 Å². The number of rotatable bonds is 3. The van der Waals surface area contributed by atoms with Crippen molar-refractivity contribution >= 4 is 17.5 Å². The molecular formula is C13H16ClN7O2. The van der Waals surface area contributed by atoms with Gasteiger partial charge in [0.05, 0.1) is 30.6 Å². The summed E-state index contributed by atoms with van der Waals surface area (Å²) in [6, 6.07) is 0.0404. The van der Waals surface area contributed by atoms with Crippen LogP contribution in [0, 0.1) is 0 Å². The Balaban J connectivity index is 1.40. The molecule has 2 aliphatic rings. The van der Waals surface area contributed by atoms with Gasteiger partial charge >= 0.3 is 0 Å². The van der Waals surface area contributed by atoms with Crippen LogP contribution >= 0.6 is 11.6 Å². The molecule has 23 heavy (non-hydrogen) atoms. The number of nitrogens with zero attached hydrogens (tertiary/aromatic N) is 6. The van der Waals surface area contributed by atoms with Crippen LogP contribution in [0.5, 0.6) is 0 Å². The predicted molar refractivity (Wildman–Crippen MR) is 78.5 cm³/mol. The number of amides is 1. The number of nitrogens with one attached hydrogen (secondary N) is 1. The molecule has 0 aliphatic carbocycles. The van der Waals surface area contributed by atoms with Crippen molar-refractivity contribution in [3.05, 3.63) is 23.0 Å². The molecule has 2 atom stereocenters. The van der Waals surface area contributed by atoms with Crippen molar-refractivity contribution < 1.29 is 9.53 Å². The number of piperidine rings is 1. The van der Waals surface area contributed by atoms with E-state index in [9.17, 15) is 4.79 Å². The Kier molecular flexibility index (Phi) is 3.74. The average molecular weight is 338 g/mol. The summed E-state index contributed by atoms with van der Waals surface area (Å²) in [5.41, 5.74) is 0.955. The quantitative estimate of drug-likeness (QED) is 0.867. The summed E-state index contributed by atoms with van der Waals surface area (Å²) >= 11 is 5.66. The normalized spacial score (nSPS) is 23.4. The first-order chi connectivity index (χ1) is 11.2. The highest BCUT2D eigenvalue weighted by molar-refractivity contribution is 6.28. The SMILES string of the molecule is O=C(CCc1nc(Cl)n[nH]1)N1CC[C@@H]2OCc3cnnn3[C@H]2C1. The van der Waals surface area contributed by atoms with Crippen LogP contribution in [0.15, 0.2) is 6.20 Å². The van der Waals surface area contributed by atoms with Crippen molar-refractivity contribution in [1.82, 2.24) is 35.1 Å². The zero-order valence-electron chi connectivity index (χ0n) is 12.4. The van der Waals surface area contributed by atoms with Crippen molar-refractivity contribution in [2.24, 2.45) is 0 Å². The van der Waals surface area contributed by atoms with Crippen LogP contribution in [0.4, 0.5) is 0 Å². The van der Waals surface area contributed by atoms with Gasteiger partial charge in [-0.15, -0.1) is 10.2 Å². The molecule has 2 aliphatic heterocycles. The van der Waals surface area contributed by atoms with E-state index >= 15 is 0 Å². The number of hydrogen-bond acceptors (Lipinski definition) is 6. The summed E-state index contributed by atoms with van der Waals surface area (Å²) in [7, 11) is 0. The van der Waals surface area contributed by atoms with Gasteiger partial charge in [-0.2, -0.15) is 0 Å². The molecule has 2 aromatic heterocycles. The third kappa shape index (κ3) is 2.81. The van der Waals surface area contributed by atoms with Gasteiger partial charge in [0.25, 0.3) is 0 Å². The molecule has 1 amide bonds. The number of H-pyrrole nitrogens is 1. The van der Waals surface area contributed by atoms with Crippen LogP contribution in [-0.4, -0.2) is 60.2 Å². The second kappa shape index (κ2) is 5.89. The highest BCUT2D eigenvalue weighted by Gasteiger charge is 2.37. The molecule has 122 valence electrons. The molecule has 0 unspecified atom stereocenters. The smallest absolute Gasteiger partial charge is 0.242 e. The van der Waals surface area contributed by atoms with Gasteiger partial charge in [-0.05, 0) is 18.0 Å². The molecule has 1 fully saturated rings. The fraction of sp³-hybridized carbons (Fsp3) is 0.615. The Hall–Kier alpha value is -2.00. The van der Waals surface area contributed by atoms with Crippen LogP contribution < -0.4 is 0 Å². The maximum Gasteiger partial charge on any atom is 0.242 e. The topological polar surface area (TPSA) is 102 Å². The third-order valence-corrected chi connectivity index (χ3v) is 4.53. The number of halogens is 1. The number of carbonyl (C=O) groups is 1. The summed E-state index contributed by atoms with van der Waals surface area (Å²) in [5.74, 6) is 0.709. The predicted octanol–water partition coefficient (Wildman–Crippen LogP) is 0.355. The molecule has 10 heteroatoms. The Morgan fingerprint density at radius 1 is 1.52 bits per heavy atom. The minimum Gasteiger partial charge on any atom is -0.370 e. The van der Waals surface area contributed by atoms with Crippen molar-refractivity contribution in [2.75, 3.05) is 13.1 Å². The van der Waals surface area contributed by atoms with E-state index in [0.29, 0.717) is 38.4 Å². The summed E-state index contributed by atoms with van der Waals surface area (Å²) in [6.45, 7) is 1.83. The van der Waals surface area contributed by atoms with Crippen LogP contribution in [0.3, 0.4) is 0 Å². The standard InChI is InChI=1S/C13H16ClN7O2/c14-13-16-11(17-18-13)1-2-12(22)20-4-3-10-9(6-20)21-8(7-23-10)5-15-19-21/h5,9-10H,1-4,6-7H2,(H,16,17,18)/t9-,10-/m0/s1. The number of aromatic amines is 1. The molecule has 0 spiro atoms. The first-order valence-corrected chi connectivity index (χ1v) is 7.94. The second-order valence-corrected chi connectivity index (χ2v) is 6.10. The molecule has 0 aromatic carbocycles. The highest BCUT2D eigenvalue weighted by atomic mass is 35.5. The fourth-order valence-electron chi connectivity index (χ4n) is 3.17. The minimum absolute atomic E-state index is 0.0404. The Morgan fingerprint density at radius 2 is 2.43 bits per heavy atom. The van der Waals surface area contributed by atoms with Gasteiger partial charge in [0.1, 0.15) is 5.82 Å². The van der Waals surface area contributed by atoms with Gasteiger partial charge in [0, 0.05) is 25.9 Å². The molecule has 0 radical (unpaired) electrons. The molecule has 4 rings (SSSR count). The first-order valence-electron chi connectivity index (χ1n) is 7.56. The van der Waals surface area contributed by atoms with E-state index in [1.54, 1.807) is 6.20 Å². The Bertz CT molecular complexity index is 715. The van der Waals surface area contributed by atoms with E-state index in [-0.39, 0.29) is 23.3 Å². The van der Waals surface area contributed by atoms with Gasteiger partial charge in [0.15, 0.2) is 0 Å². The van der Waals surface area contributed by atoms with Gasteiger partial charge in [-0.25, -0.2) is 9.67 Å². The molecule has 0 saturated carbocycles. The zero-order chi connectivity index (χ0) is 15.8. The van der Waals surface area contributed by atoms with E-state index in [0.717, 1.165) is 12.1 Å². The lowest BCUT2D eigenvalue weighted by Crippen LogP contribution is -2.50. The van der Waals surface area contributed by atoms with Gasteiger partial charge in [-0.3, -0.25) is 9.89 Å². The summed E-state index contributed by atoms with van der Waals surface area (Å²) in [5, 5.41) is 14.7. The highest BCUT2D eigenvalue weighted by Crippen LogP contribution is 2.30. The second-order valence-electron chi connectivity index (χ2n) is 5.77. The van der Waals surface area contributed by atoms with Crippen molar-refractivity contribution in [3.63, 3.8) is 0 Å². The maximum atomic E-state index is 12.4. The number of aromatic nitrogens is 6. The zero-order valence-corrected chi connectivity index (χ0v) is 13.1. The van der Waals surface area contributed by atoms with Crippen molar-refractivity contribution in [3.8, 4) is 0 Å². The number of likely N-dealkylation sites (tertiary alicyclic amines) is 1. The van der Waals surface area contributed by atoms with Gasteiger partial charge < -0.3 is 9.64 Å². The number of carbonyl (C=O) groups excluding carboxylic acids is 1. The van der Waals surface area contributed by atoms with E-state index in [4.69, 9.17) is 16.3 Å². The minimum atomic E-state index is 0.0404. The number of aryl methyl sites for hydroxylation is 1. The van der Waals surface area contributed by atoms with E-state index in [1.807, 2.05) is 9.58 Å². The number of ether oxygens (including phenoxy) is 1. The molecule has 2 aromatic rings. The van der Waals surface area contributed by atoms with Crippen molar-refractivity contribution in [1.29, 1.82) is 0 Å². The summed E-state index contributed by atoms with van der Waals surface area (Å²) in [4.78, 5) is 18.3. The lowest BCUT2D eigenvalue weighted by Gasteiger charge is -2.41. The third-order valence-electron chi connectivity index (χ3n) is 4.36. The summed E-state index contributed by atoms with van der Waals surface area (Å²) < 4.78 is 7.74. The van der Waals surface area contributed by atoms with E-state index < -0.39 is 0 Å². The number of fused-ring (bicyclic) bond motifs is 3. The molecule has 4 heterocycles. The fourth-order valence-corrected chi connectivity index (χ4v) is 3.32. The van der Waals surface area contributed by atoms with Crippen LogP contribution in [0.2, 0.25) is 5.28 Å². The Labute approximate surface area is 137 Å². The van der Waals surface area contributed by atoms with E-state index in [1.165, 1.54) is 0 Å². The van der Waals surface area contributed by atoms with Crippen molar-refractivity contribution in [2.45, 2.75) is 38.0 Å². The van der Waals surface area contributed by atoms with Crippen LogP contribution in [0.1, 0.15) is 30.4 Å². The van der Waals surface area contributed by atoms with E-state index in [2.05, 4.69) is 25.5 Å². The lowest BCUT2D eigenvalue weighted by molar-refractivity contribution is -0.138. The summed E-state index contributed by atoms with van der Waals surface area (Å²) in [6.07, 6.45) is 3.48. The Morgan fingerprint density at radius 3 is 3.26 bits per heavy atom. The molecule has 1 N–H and O–H groups in total. The molecular weight excluding hydrogens is 322 g/mol. The maximum absolute atomic E-state index is 12.4. The average Bonchev–Trinajstić information content (AvgIpc) is 3.20. The lowest BCUT2D eigenvalue weighted by atomic mass is 10.00. The monoisotopic (exact) mass is 337 g/mol.